The molecule has 0 radical (unpaired) electrons. The Labute approximate surface area is 115 Å². The highest BCUT2D eigenvalue weighted by atomic mass is 19.2. The van der Waals surface area contributed by atoms with Crippen molar-refractivity contribution in [2.75, 3.05) is 11.9 Å². The van der Waals surface area contributed by atoms with Crippen molar-refractivity contribution in [3.63, 3.8) is 0 Å². The lowest BCUT2D eigenvalue weighted by molar-refractivity contribution is -0.117. The zero-order valence-corrected chi connectivity index (χ0v) is 11.2. The number of fused-ring (bicyclic) bond motifs is 1. The van der Waals surface area contributed by atoms with E-state index in [1.165, 1.54) is 6.92 Å². The average Bonchev–Trinajstić information content (AvgIpc) is 2.72. The van der Waals surface area contributed by atoms with Gasteiger partial charge in [0.15, 0.2) is 11.6 Å². The molecule has 0 bridgehead atoms. The summed E-state index contributed by atoms with van der Waals surface area (Å²) in [5, 5.41) is 0. The third-order valence-electron chi connectivity index (χ3n) is 3.75. The van der Waals surface area contributed by atoms with Crippen LogP contribution in [0.1, 0.15) is 11.1 Å². The molecular formula is C16H13F2NO. The quantitative estimate of drug-likeness (QED) is 0.779. The van der Waals surface area contributed by atoms with Crippen LogP contribution in [0.3, 0.4) is 0 Å². The monoisotopic (exact) mass is 273 g/mol. The number of hydrogen-bond donors (Lipinski definition) is 0. The smallest absolute Gasteiger partial charge is 0.231 e. The van der Waals surface area contributed by atoms with E-state index >= 15 is 0 Å². The zero-order chi connectivity index (χ0) is 14.4. The molecule has 2 aromatic rings. The van der Waals surface area contributed by atoms with Crippen molar-refractivity contribution >= 4 is 11.6 Å². The first-order chi connectivity index (χ1) is 9.49. The van der Waals surface area contributed by atoms with Crippen molar-refractivity contribution in [1.29, 1.82) is 0 Å². The number of likely N-dealkylation sites (N-methyl/N-ethyl adjacent to an activating group) is 1. The van der Waals surface area contributed by atoms with Crippen LogP contribution in [0, 0.1) is 18.6 Å². The number of carbonyl (C=O) groups excluding carboxylic acids is 1. The van der Waals surface area contributed by atoms with Gasteiger partial charge < -0.3 is 4.90 Å². The van der Waals surface area contributed by atoms with E-state index in [1.54, 1.807) is 42.3 Å². The van der Waals surface area contributed by atoms with E-state index in [0.717, 1.165) is 11.3 Å². The van der Waals surface area contributed by atoms with Crippen molar-refractivity contribution in [2.24, 2.45) is 0 Å². The molecule has 2 nitrogen and oxygen atoms in total. The van der Waals surface area contributed by atoms with Gasteiger partial charge in [0.2, 0.25) is 5.91 Å². The first-order valence-corrected chi connectivity index (χ1v) is 6.33. The van der Waals surface area contributed by atoms with E-state index in [2.05, 4.69) is 0 Å². The predicted octanol–water partition coefficient (Wildman–Crippen LogP) is 3.46. The van der Waals surface area contributed by atoms with E-state index in [9.17, 15) is 13.6 Å². The topological polar surface area (TPSA) is 20.3 Å². The van der Waals surface area contributed by atoms with Gasteiger partial charge >= 0.3 is 0 Å². The molecule has 0 aliphatic carbocycles. The minimum Gasteiger partial charge on any atom is -0.315 e. The molecule has 1 aliphatic rings. The van der Waals surface area contributed by atoms with Crippen LogP contribution in [-0.4, -0.2) is 13.0 Å². The first-order valence-electron chi connectivity index (χ1n) is 6.33. The SMILES string of the molecule is Cc1ccc(-c2ccc3c(c2)N(C)C(=O)C3)c(F)c1F. The third-order valence-corrected chi connectivity index (χ3v) is 3.75. The van der Waals surface area contributed by atoms with Gasteiger partial charge in [0.05, 0.1) is 6.42 Å². The lowest BCUT2D eigenvalue weighted by atomic mass is 10.0. The van der Waals surface area contributed by atoms with Gasteiger partial charge in [-0.15, -0.1) is 0 Å². The summed E-state index contributed by atoms with van der Waals surface area (Å²) in [6, 6.07) is 8.36. The van der Waals surface area contributed by atoms with E-state index in [4.69, 9.17) is 0 Å². The molecule has 1 aliphatic heterocycles. The van der Waals surface area contributed by atoms with E-state index < -0.39 is 11.6 Å². The third kappa shape index (κ3) is 1.80. The molecule has 3 rings (SSSR count). The molecule has 0 unspecified atom stereocenters. The van der Waals surface area contributed by atoms with Gasteiger partial charge in [-0.2, -0.15) is 0 Å². The Morgan fingerprint density at radius 1 is 1.10 bits per heavy atom. The molecule has 2 aromatic carbocycles. The minimum absolute atomic E-state index is 0.00714. The van der Waals surface area contributed by atoms with Crippen LogP contribution < -0.4 is 4.90 Å². The van der Waals surface area contributed by atoms with E-state index in [1.807, 2.05) is 0 Å². The maximum atomic E-state index is 14.0. The summed E-state index contributed by atoms with van der Waals surface area (Å²) in [7, 11) is 1.68. The highest BCUT2D eigenvalue weighted by Gasteiger charge is 2.24. The fourth-order valence-electron chi connectivity index (χ4n) is 2.48. The van der Waals surface area contributed by atoms with Crippen molar-refractivity contribution in [2.45, 2.75) is 13.3 Å². The van der Waals surface area contributed by atoms with Gasteiger partial charge in [0.1, 0.15) is 0 Å². The molecule has 0 spiro atoms. The summed E-state index contributed by atoms with van der Waals surface area (Å²) in [6.45, 7) is 1.53. The second kappa shape index (κ2) is 4.40. The van der Waals surface area contributed by atoms with Crippen LogP contribution in [0.5, 0.6) is 0 Å². The number of halogens is 2. The van der Waals surface area contributed by atoms with Crippen molar-refractivity contribution in [3.05, 3.63) is 53.1 Å². The van der Waals surface area contributed by atoms with Gasteiger partial charge in [-0.1, -0.05) is 24.3 Å². The molecule has 1 amide bonds. The Hall–Kier alpha value is -2.23. The molecule has 0 fully saturated rings. The molecule has 0 N–H and O–H groups in total. The van der Waals surface area contributed by atoms with Gasteiger partial charge in [-0.3, -0.25) is 4.79 Å². The molecule has 4 heteroatoms. The molecular weight excluding hydrogens is 260 g/mol. The summed E-state index contributed by atoms with van der Waals surface area (Å²) >= 11 is 0. The molecule has 0 aromatic heterocycles. The molecule has 1 heterocycles. The number of anilines is 1. The predicted molar refractivity (Wildman–Crippen MR) is 73.6 cm³/mol. The van der Waals surface area contributed by atoms with Crippen LogP contribution in [-0.2, 0) is 11.2 Å². The number of hydrogen-bond acceptors (Lipinski definition) is 1. The van der Waals surface area contributed by atoms with Gasteiger partial charge in [0.25, 0.3) is 0 Å². The Morgan fingerprint density at radius 3 is 2.60 bits per heavy atom. The molecule has 20 heavy (non-hydrogen) atoms. The summed E-state index contributed by atoms with van der Waals surface area (Å²) in [5.41, 5.74) is 2.73. The normalized spacial score (nSPS) is 13.8. The maximum Gasteiger partial charge on any atom is 0.231 e. The standard InChI is InChI=1S/C16H13F2NO/c1-9-3-6-12(16(18)15(9)17)10-4-5-11-8-14(20)19(2)13(11)7-10/h3-7H,8H2,1-2H3. The first kappa shape index (κ1) is 12.8. The van der Waals surface area contributed by atoms with Crippen molar-refractivity contribution in [1.82, 2.24) is 0 Å². The minimum atomic E-state index is -0.850. The lowest BCUT2D eigenvalue weighted by Crippen LogP contribution is -2.20. The van der Waals surface area contributed by atoms with Gasteiger partial charge in [0, 0.05) is 18.3 Å². The van der Waals surface area contributed by atoms with E-state index in [-0.39, 0.29) is 17.0 Å². The lowest BCUT2D eigenvalue weighted by Gasteiger charge is -2.12. The molecule has 102 valence electrons. The van der Waals surface area contributed by atoms with E-state index in [0.29, 0.717) is 12.0 Å². The summed E-state index contributed by atoms with van der Waals surface area (Å²) in [5.74, 6) is -1.67. The number of aryl methyl sites for hydroxylation is 1. The average molecular weight is 273 g/mol. The molecule has 0 saturated heterocycles. The Balaban J connectivity index is 2.14. The van der Waals surface area contributed by atoms with Gasteiger partial charge in [-0.05, 0) is 29.7 Å². The maximum absolute atomic E-state index is 14.0. The summed E-state index contributed by atoms with van der Waals surface area (Å²) in [4.78, 5) is 13.2. The molecule has 0 saturated carbocycles. The Morgan fingerprint density at radius 2 is 1.85 bits per heavy atom. The summed E-state index contributed by atoms with van der Waals surface area (Å²) in [6.07, 6.45) is 0.358. The van der Waals surface area contributed by atoms with Crippen LogP contribution in [0.2, 0.25) is 0 Å². The zero-order valence-electron chi connectivity index (χ0n) is 11.2. The van der Waals surface area contributed by atoms with Crippen LogP contribution in [0.25, 0.3) is 11.1 Å². The van der Waals surface area contributed by atoms with Crippen molar-refractivity contribution in [3.8, 4) is 11.1 Å². The second-order valence-electron chi connectivity index (χ2n) is 5.03. The number of nitrogens with zero attached hydrogens (tertiary/aromatic N) is 1. The Bertz CT molecular complexity index is 725. The van der Waals surface area contributed by atoms with Crippen molar-refractivity contribution < 1.29 is 13.6 Å². The molecule has 0 atom stereocenters. The number of carbonyl (C=O) groups is 1. The summed E-state index contributed by atoms with van der Waals surface area (Å²) < 4.78 is 27.7. The van der Waals surface area contributed by atoms with Crippen LogP contribution in [0.15, 0.2) is 30.3 Å². The number of rotatable bonds is 1. The number of benzene rings is 2. The highest BCUT2D eigenvalue weighted by Crippen LogP contribution is 2.34. The van der Waals surface area contributed by atoms with Gasteiger partial charge in [-0.25, -0.2) is 8.78 Å². The number of amides is 1. The fraction of sp³-hybridized carbons (Fsp3) is 0.188. The largest absolute Gasteiger partial charge is 0.315 e. The van der Waals surface area contributed by atoms with Crippen LogP contribution >= 0.6 is 0 Å². The second-order valence-corrected chi connectivity index (χ2v) is 5.03. The Kier molecular flexibility index (Phi) is 2.82. The highest BCUT2D eigenvalue weighted by molar-refractivity contribution is 6.01. The fourth-order valence-corrected chi connectivity index (χ4v) is 2.48. The van der Waals surface area contributed by atoms with Crippen LogP contribution in [0.4, 0.5) is 14.5 Å².